The predicted octanol–water partition coefficient (Wildman–Crippen LogP) is 6.77. The third kappa shape index (κ3) is 10.7. The molecule has 0 aromatic heterocycles. The zero-order valence-corrected chi connectivity index (χ0v) is 30.8. The highest BCUT2D eigenvalue weighted by Crippen LogP contribution is 2.31. The summed E-state index contributed by atoms with van der Waals surface area (Å²) >= 11 is 0. The number of benzene rings is 3. The van der Waals surface area contributed by atoms with Gasteiger partial charge in [0.25, 0.3) is 5.91 Å². The Kier molecular flexibility index (Phi) is 13.7. The highest BCUT2D eigenvalue weighted by molar-refractivity contribution is 7.89. The number of aryl methyl sites for hydroxylation is 1. The number of ether oxygens (including phenoxy) is 2. The summed E-state index contributed by atoms with van der Waals surface area (Å²) in [4.78, 5) is 28.8. The molecule has 0 fully saturated rings. The van der Waals surface area contributed by atoms with Gasteiger partial charge in [0.15, 0.2) is 0 Å². The van der Waals surface area contributed by atoms with Crippen LogP contribution in [-0.4, -0.2) is 86.3 Å². The number of anilines is 2. The fourth-order valence-electron chi connectivity index (χ4n) is 5.74. The first-order chi connectivity index (χ1) is 24.5. The lowest BCUT2D eigenvalue weighted by Crippen LogP contribution is -2.48. The summed E-state index contributed by atoms with van der Waals surface area (Å²) in [5, 5.41) is 15.3. The van der Waals surface area contributed by atoms with Crippen LogP contribution in [0.1, 0.15) is 61.5 Å². The number of aliphatic hydroxyl groups excluding tert-OH is 1. The number of carbonyl (C=O) groups excluding carboxylic acids is 2. The molecule has 1 aliphatic rings. The van der Waals surface area contributed by atoms with Crippen molar-refractivity contribution in [1.82, 2.24) is 9.21 Å². The second kappa shape index (κ2) is 17.6. The Morgan fingerprint density at radius 3 is 2.29 bits per heavy atom. The standard InChI is InChI=1S/C37H47F3N4O7S/c1-24-9-16-31(17-10-24)52(48,49)43(5)22-34-25(2)21-44(26(3)23-45)35(46)32-20-30(15-18-33(32)51-27(4)8-6-7-19-50-34)42-36(47)41-29-13-11-28(12-14-29)37(38,39)40/h9-18,20,25-27,34,45H,6-8,19,21-23H2,1-5H3,(H2,41,42,47)/t25-,26+,27+,34+/m0/s1. The van der Waals surface area contributed by atoms with E-state index in [1.807, 2.05) is 20.8 Å². The van der Waals surface area contributed by atoms with Crippen molar-refractivity contribution in [2.45, 2.75) is 76.3 Å². The minimum Gasteiger partial charge on any atom is -0.490 e. The van der Waals surface area contributed by atoms with Gasteiger partial charge in [-0.15, -0.1) is 0 Å². The molecule has 1 heterocycles. The van der Waals surface area contributed by atoms with Gasteiger partial charge in [-0.1, -0.05) is 24.6 Å². The van der Waals surface area contributed by atoms with E-state index in [1.54, 1.807) is 43.3 Å². The topological polar surface area (TPSA) is 138 Å². The van der Waals surface area contributed by atoms with Crippen LogP contribution in [0, 0.1) is 12.8 Å². The molecule has 3 N–H and O–H groups in total. The molecule has 0 aliphatic carbocycles. The average molecular weight is 749 g/mol. The van der Waals surface area contributed by atoms with Crippen LogP contribution in [-0.2, 0) is 20.9 Å². The van der Waals surface area contributed by atoms with Crippen molar-refractivity contribution in [3.63, 3.8) is 0 Å². The largest absolute Gasteiger partial charge is 0.490 e. The molecule has 15 heteroatoms. The Bertz CT molecular complexity index is 1770. The number of rotatable bonds is 8. The summed E-state index contributed by atoms with van der Waals surface area (Å²) in [6, 6.07) is 13.7. The van der Waals surface area contributed by atoms with Crippen LogP contribution in [0.25, 0.3) is 0 Å². The fraction of sp³-hybridized carbons (Fsp3) is 0.459. The maximum absolute atomic E-state index is 14.4. The summed E-state index contributed by atoms with van der Waals surface area (Å²) in [6.45, 7) is 7.38. The number of nitrogens with one attached hydrogen (secondary N) is 2. The van der Waals surface area contributed by atoms with Crippen LogP contribution in [0.15, 0.2) is 71.6 Å². The van der Waals surface area contributed by atoms with Crippen LogP contribution in [0.3, 0.4) is 0 Å². The molecule has 0 saturated heterocycles. The number of carbonyl (C=O) groups is 2. The van der Waals surface area contributed by atoms with Gasteiger partial charge in [0.2, 0.25) is 10.0 Å². The lowest BCUT2D eigenvalue weighted by atomic mass is 10.0. The van der Waals surface area contributed by atoms with E-state index in [2.05, 4.69) is 10.6 Å². The second-order valence-corrected chi connectivity index (χ2v) is 15.3. The molecule has 3 aromatic carbocycles. The third-order valence-corrected chi connectivity index (χ3v) is 10.8. The zero-order chi connectivity index (χ0) is 38.2. The van der Waals surface area contributed by atoms with Crippen molar-refractivity contribution >= 4 is 33.3 Å². The van der Waals surface area contributed by atoms with E-state index >= 15 is 0 Å². The number of hydrogen-bond acceptors (Lipinski definition) is 7. The molecule has 0 radical (unpaired) electrons. The highest BCUT2D eigenvalue weighted by atomic mass is 32.2. The van der Waals surface area contributed by atoms with Crippen LogP contribution in [0.4, 0.5) is 29.3 Å². The number of aliphatic hydroxyl groups is 1. The van der Waals surface area contributed by atoms with Crippen molar-refractivity contribution in [3.05, 3.63) is 83.4 Å². The third-order valence-electron chi connectivity index (χ3n) is 8.95. The monoisotopic (exact) mass is 748 g/mol. The first-order valence-electron chi connectivity index (χ1n) is 17.1. The molecule has 11 nitrogen and oxygen atoms in total. The minimum absolute atomic E-state index is 0.0190. The summed E-state index contributed by atoms with van der Waals surface area (Å²) < 4.78 is 79.6. The van der Waals surface area contributed by atoms with Gasteiger partial charge in [0.1, 0.15) is 5.75 Å². The number of fused-ring (bicyclic) bond motifs is 1. The summed E-state index contributed by atoms with van der Waals surface area (Å²) in [5.74, 6) is -0.628. The predicted molar refractivity (Wildman–Crippen MR) is 192 cm³/mol. The van der Waals surface area contributed by atoms with E-state index in [0.29, 0.717) is 19.4 Å². The number of likely N-dealkylation sites (N-methyl/N-ethyl adjacent to an activating group) is 1. The lowest BCUT2D eigenvalue weighted by molar-refractivity contribution is -0.137. The first kappa shape index (κ1) is 40.6. The van der Waals surface area contributed by atoms with Gasteiger partial charge in [0, 0.05) is 44.0 Å². The average Bonchev–Trinajstić information content (AvgIpc) is 3.09. The quantitative estimate of drug-likeness (QED) is 0.231. The Hall–Kier alpha value is -4.18. The number of amides is 3. The maximum Gasteiger partial charge on any atom is 0.416 e. The van der Waals surface area contributed by atoms with Gasteiger partial charge >= 0.3 is 12.2 Å². The van der Waals surface area contributed by atoms with E-state index in [1.165, 1.54) is 22.3 Å². The molecule has 284 valence electrons. The first-order valence-corrected chi connectivity index (χ1v) is 18.6. The van der Waals surface area contributed by atoms with Crippen LogP contribution in [0.2, 0.25) is 0 Å². The SMILES string of the molecule is Cc1ccc(S(=O)(=O)N(C)C[C@H]2OCCCC[C@@H](C)Oc3ccc(NC(=O)Nc4ccc(C(F)(F)F)cc4)cc3C(=O)N([C@H](C)CO)C[C@@H]2C)cc1. The second-order valence-electron chi connectivity index (χ2n) is 13.3. The number of alkyl halides is 3. The number of hydrogen-bond donors (Lipinski definition) is 3. The van der Waals surface area contributed by atoms with E-state index < -0.39 is 51.8 Å². The van der Waals surface area contributed by atoms with Gasteiger partial charge in [-0.05, 0) is 94.6 Å². The van der Waals surface area contributed by atoms with Crippen molar-refractivity contribution in [3.8, 4) is 5.75 Å². The van der Waals surface area contributed by atoms with Gasteiger partial charge in [-0.3, -0.25) is 4.79 Å². The number of urea groups is 1. The van der Waals surface area contributed by atoms with Crippen molar-refractivity contribution in [1.29, 1.82) is 0 Å². The molecule has 4 atom stereocenters. The lowest BCUT2D eigenvalue weighted by Gasteiger charge is -2.35. The van der Waals surface area contributed by atoms with E-state index in [0.717, 1.165) is 36.2 Å². The van der Waals surface area contributed by atoms with Gasteiger partial charge in [0.05, 0.1) is 40.9 Å². The fourth-order valence-corrected chi connectivity index (χ4v) is 6.92. The number of nitrogens with zero attached hydrogens (tertiary/aromatic N) is 2. The van der Waals surface area contributed by atoms with Gasteiger partial charge < -0.3 is 30.1 Å². The minimum atomic E-state index is -4.52. The summed E-state index contributed by atoms with van der Waals surface area (Å²) in [7, 11) is -2.35. The molecule has 52 heavy (non-hydrogen) atoms. The molecular weight excluding hydrogens is 701 g/mol. The Balaban J connectivity index is 1.60. The smallest absolute Gasteiger partial charge is 0.416 e. The Morgan fingerprint density at radius 1 is 1.02 bits per heavy atom. The molecule has 0 bridgehead atoms. The highest BCUT2D eigenvalue weighted by Gasteiger charge is 2.33. The van der Waals surface area contributed by atoms with Crippen molar-refractivity contribution in [2.24, 2.45) is 5.92 Å². The Labute approximate surface area is 303 Å². The Morgan fingerprint density at radius 2 is 1.65 bits per heavy atom. The van der Waals surface area contributed by atoms with E-state index in [-0.39, 0.29) is 53.4 Å². The summed E-state index contributed by atoms with van der Waals surface area (Å²) in [5.41, 5.74) is 0.523. The van der Waals surface area contributed by atoms with Gasteiger partial charge in [-0.25, -0.2) is 13.2 Å². The van der Waals surface area contributed by atoms with Crippen molar-refractivity contribution in [2.75, 3.05) is 44.0 Å². The molecule has 4 rings (SSSR count). The number of sulfonamides is 1. The van der Waals surface area contributed by atoms with Crippen LogP contribution < -0.4 is 15.4 Å². The maximum atomic E-state index is 14.4. The van der Waals surface area contributed by atoms with E-state index in [9.17, 15) is 36.3 Å². The van der Waals surface area contributed by atoms with Crippen LogP contribution >= 0.6 is 0 Å². The molecular formula is C37H47F3N4O7S. The molecule has 0 spiro atoms. The summed E-state index contributed by atoms with van der Waals surface area (Å²) in [6.07, 6.45) is -3.38. The normalized spacial score (nSPS) is 20.0. The molecule has 3 aromatic rings. The number of halogens is 3. The van der Waals surface area contributed by atoms with Crippen molar-refractivity contribution < 1.29 is 45.8 Å². The molecule has 3 amide bonds. The van der Waals surface area contributed by atoms with E-state index in [4.69, 9.17) is 9.47 Å². The zero-order valence-electron chi connectivity index (χ0n) is 29.9. The molecule has 1 aliphatic heterocycles. The van der Waals surface area contributed by atoms with Crippen LogP contribution in [0.5, 0.6) is 5.75 Å². The molecule has 0 unspecified atom stereocenters. The molecule has 0 saturated carbocycles. The van der Waals surface area contributed by atoms with Gasteiger partial charge in [-0.2, -0.15) is 17.5 Å².